The number of guanidine groups is 1. The number of anilines is 1. The quantitative estimate of drug-likeness (QED) is 0.301. The molecule has 1 atom stereocenters. The fourth-order valence-electron chi connectivity index (χ4n) is 3.80. The standard InChI is InChI=1S/C22H36N4O.HI/c1-4-23-21(24-17-22(10-11-22)12-15-27-3)25-18(2)19-8-7-9-20(16-19)26-13-5-6-14-26;/h7-9,16,18H,4-6,10-15,17H2,1-3H3,(H2,23,24,25);1H. The summed E-state index contributed by atoms with van der Waals surface area (Å²) >= 11 is 0. The molecule has 158 valence electrons. The van der Waals surface area contributed by atoms with Gasteiger partial charge in [0.1, 0.15) is 0 Å². The molecule has 1 saturated carbocycles. The van der Waals surface area contributed by atoms with Gasteiger partial charge in [-0.15, -0.1) is 24.0 Å². The van der Waals surface area contributed by atoms with Crippen LogP contribution in [0, 0.1) is 5.41 Å². The molecule has 1 unspecified atom stereocenters. The first kappa shape index (κ1) is 23.3. The van der Waals surface area contributed by atoms with Crippen molar-refractivity contribution in [3.8, 4) is 0 Å². The van der Waals surface area contributed by atoms with Gasteiger partial charge >= 0.3 is 0 Å². The van der Waals surface area contributed by atoms with E-state index in [0.717, 1.165) is 32.1 Å². The van der Waals surface area contributed by atoms with Crippen LogP contribution in [0.25, 0.3) is 0 Å². The van der Waals surface area contributed by atoms with Crippen LogP contribution < -0.4 is 15.5 Å². The van der Waals surface area contributed by atoms with E-state index in [4.69, 9.17) is 9.73 Å². The molecule has 6 heteroatoms. The Kier molecular flexibility index (Phi) is 9.34. The molecule has 2 aliphatic rings. The minimum atomic E-state index is 0. The van der Waals surface area contributed by atoms with E-state index in [0.29, 0.717) is 5.41 Å². The molecule has 3 rings (SSSR count). The Morgan fingerprint density at radius 3 is 2.68 bits per heavy atom. The smallest absolute Gasteiger partial charge is 0.191 e. The lowest BCUT2D eigenvalue weighted by Crippen LogP contribution is -2.39. The Hall–Kier alpha value is -1.02. The van der Waals surface area contributed by atoms with Crippen LogP contribution in [-0.4, -0.2) is 45.9 Å². The highest BCUT2D eigenvalue weighted by Crippen LogP contribution is 2.48. The number of nitrogens with one attached hydrogen (secondary N) is 2. The summed E-state index contributed by atoms with van der Waals surface area (Å²) < 4.78 is 5.26. The number of methoxy groups -OCH3 is 1. The molecular formula is C22H37IN4O. The van der Waals surface area contributed by atoms with Crippen LogP contribution in [0.15, 0.2) is 29.3 Å². The lowest BCUT2D eigenvalue weighted by Gasteiger charge is -2.22. The number of rotatable bonds is 9. The van der Waals surface area contributed by atoms with Gasteiger partial charge in [0.2, 0.25) is 0 Å². The lowest BCUT2D eigenvalue weighted by atomic mass is 10.0. The lowest BCUT2D eigenvalue weighted by molar-refractivity contribution is 0.174. The first-order valence-corrected chi connectivity index (χ1v) is 10.5. The van der Waals surface area contributed by atoms with Gasteiger partial charge in [-0.3, -0.25) is 4.99 Å². The zero-order valence-corrected chi connectivity index (χ0v) is 20.0. The van der Waals surface area contributed by atoms with Crippen LogP contribution >= 0.6 is 24.0 Å². The number of nitrogens with zero attached hydrogens (tertiary/aromatic N) is 2. The Balaban J connectivity index is 0.00000280. The molecule has 1 aromatic carbocycles. The summed E-state index contributed by atoms with van der Waals surface area (Å²) in [5, 5.41) is 7.00. The third-order valence-corrected chi connectivity index (χ3v) is 5.91. The minimum absolute atomic E-state index is 0. The zero-order valence-electron chi connectivity index (χ0n) is 17.7. The van der Waals surface area contributed by atoms with Gasteiger partial charge in [0.05, 0.1) is 6.04 Å². The highest BCUT2D eigenvalue weighted by atomic mass is 127. The van der Waals surface area contributed by atoms with E-state index >= 15 is 0 Å². The molecule has 1 aliphatic heterocycles. The number of hydrogen-bond donors (Lipinski definition) is 2. The maximum atomic E-state index is 5.26. The Morgan fingerprint density at radius 1 is 1.29 bits per heavy atom. The van der Waals surface area contributed by atoms with Crippen LogP contribution in [0.4, 0.5) is 5.69 Å². The molecular weight excluding hydrogens is 463 g/mol. The first-order valence-electron chi connectivity index (χ1n) is 10.5. The summed E-state index contributed by atoms with van der Waals surface area (Å²) in [5.74, 6) is 0.917. The summed E-state index contributed by atoms with van der Waals surface area (Å²) in [6, 6.07) is 9.16. The van der Waals surface area contributed by atoms with E-state index in [1.165, 1.54) is 50.0 Å². The van der Waals surface area contributed by atoms with Crippen molar-refractivity contribution in [2.45, 2.75) is 52.0 Å². The molecule has 2 fully saturated rings. The molecule has 1 heterocycles. The van der Waals surface area contributed by atoms with Gasteiger partial charge in [-0.05, 0) is 69.1 Å². The second-order valence-corrected chi connectivity index (χ2v) is 8.09. The number of ether oxygens (including phenoxy) is 1. The van der Waals surface area contributed by atoms with Gasteiger partial charge in [0.15, 0.2) is 5.96 Å². The first-order chi connectivity index (χ1) is 13.2. The van der Waals surface area contributed by atoms with Gasteiger partial charge < -0.3 is 20.3 Å². The van der Waals surface area contributed by atoms with Gasteiger partial charge in [0, 0.05) is 45.6 Å². The van der Waals surface area contributed by atoms with E-state index in [1.54, 1.807) is 7.11 Å². The monoisotopic (exact) mass is 500 g/mol. The van der Waals surface area contributed by atoms with Crippen molar-refractivity contribution in [1.29, 1.82) is 0 Å². The van der Waals surface area contributed by atoms with Gasteiger partial charge in [-0.2, -0.15) is 0 Å². The Bertz CT molecular complexity index is 627. The molecule has 0 amide bonds. The predicted molar refractivity (Wildman–Crippen MR) is 129 cm³/mol. The Labute approximate surface area is 187 Å². The molecule has 0 radical (unpaired) electrons. The fraction of sp³-hybridized carbons (Fsp3) is 0.682. The number of hydrogen-bond acceptors (Lipinski definition) is 3. The van der Waals surface area contributed by atoms with E-state index in [-0.39, 0.29) is 30.0 Å². The van der Waals surface area contributed by atoms with Gasteiger partial charge in [-0.25, -0.2) is 0 Å². The molecule has 0 bridgehead atoms. The molecule has 1 aromatic rings. The molecule has 1 aliphatic carbocycles. The van der Waals surface area contributed by atoms with Crippen molar-refractivity contribution >= 4 is 35.6 Å². The largest absolute Gasteiger partial charge is 0.385 e. The summed E-state index contributed by atoms with van der Waals surface area (Å²) in [4.78, 5) is 7.38. The van der Waals surface area contributed by atoms with Crippen molar-refractivity contribution in [2.75, 3.05) is 44.8 Å². The van der Waals surface area contributed by atoms with Crippen molar-refractivity contribution in [3.63, 3.8) is 0 Å². The van der Waals surface area contributed by atoms with Crippen LogP contribution in [0.1, 0.15) is 57.6 Å². The van der Waals surface area contributed by atoms with E-state index in [2.05, 4.69) is 53.6 Å². The maximum Gasteiger partial charge on any atom is 0.191 e. The third kappa shape index (κ3) is 6.51. The average Bonchev–Trinajstić information content (AvgIpc) is 3.24. The van der Waals surface area contributed by atoms with Crippen molar-refractivity contribution in [1.82, 2.24) is 10.6 Å². The van der Waals surface area contributed by atoms with E-state index in [1.807, 2.05) is 0 Å². The number of benzene rings is 1. The maximum absolute atomic E-state index is 5.26. The minimum Gasteiger partial charge on any atom is -0.385 e. The topological polar surface area (TPSA) is 48.9 Å². The zero-order chi connectivity index (χ0) is 19.1. The summed E-state index contributed by atoms with van der Waals surface area (Å²) in [7, 11) is 1.78. The molecule has 2 N–H and O–H groups in total. The van der Waals surface area contributed by atoms with E-state index in [9.17, 15) is 0 Å². The van der Waals surface area contributed by atoms with Crippen LogP contribution in [-0.2, 0) is 4.74 Å². The van der Waals surface area contributed by atoms with Crippen molar-refractivity contribution in [2.24, 2.45) is 10.4 Å². The highest BCUT2D eigenvalue weighted by molar-refractivity contribution is 14.0. The molecule has 28 heavy (non-hydrogen) atoms. The Morgan fingerprint density at radius 2 is 2.04 bits per heavy atom. The summed E-state index contributed by atoms with van der Waals surface area (Å²) in [5.41, 5.74) is 3.03. The molecule has 0 aromatic heterocycles. The van der Waals surface area contributed by atoms with Gasteiger partial charge in [-0.1, -0.05) is 12.1 Å². The highest BCUT2D eigenvalue weighted by Gasteiger charge is 2.41. The SMILES string of the molecule is CCNC(=NCC1(CCOC)CC1)NC(C)c1cccc(N2CCCC2)c1.I. The molecule has 0 spiro atoms. The molecule has 5 nitrogen and oxygen atoms in total. The van der Waals surface area contributed by atoms with Crippen LogP contribution in [0.2, 0.25) is 0 Å². The van der Waals surface area contributed by atoms with Crippen molar-refractivity contribution < 1.29 is 4.74 Å². The van der Waals surface area contributed by atoms with Crippen LogP contribution in [0.5, 0.6) is 0 Å². The third-order valence-electron chi connectivity index (χ3n) is 5.91. The summed E-state index contributed by atoms with van der Waals surface area (Å²) in [6.07, 6.45) is 6.26. The van der Waals surface area contributed by atoms with E-state index < -0.39 is 0 Å². The van der Waals surface area contributed by atoms with Crippen LogP contribution in [0.3, 0.4) is 0 Å². The molecule has 1 saturated heterocycles. The van der Waals surface area contributed by atoms with Crippen molar-refractivity contribution in [3.05, 3.63) is 29.8 Å². The fourth-order valence-corrected chi connectivity index (χ4v) is 3.80. The number of aliphatic imine (C=N–C) groups is 1. The second-order valence-electron chi connectivity index (χ2n) is 8.09. The number of halogens is 1. The summed E-state index contributed by atoms with van der Waals surface area (Å²) in [6.45, 7) is 9.28. The second kappa shape index (κ2) is 11.2. The van der Waals surface area contributed by atoms with Gasteiger partial charge in [0.25, 0.3) is 0 Å². The normalized spacial score (nSPS) is 19.1. The average molecular weight is 500 g/mol. The predicted octanol–water partition coefficient (Wildman–Crippen LogP) is 4.34.